The van der Waals surface area contributed by atoms with Crippen LogP contribution in [0.4, 0.5) is 5.69 Å². The van der Waals surface area contributed by atoms with E-state index in [9.17, 15) is 9.59 Å². The number of amides is 2. The normalized spacial score (nSPS) is 10.3. The van der Waals surface area contributed by atoms with Crippen LogP contribution in [0.1, 0.15) is 56.8 Å². The van der Waals surface area contributed by atoms with Gasteiger partial charge in [0.25, 0.3) is 5.91 Å². The zero-order valence-electron chi connectivity index (χ0n) is 15.2. The SMILES string of the molecule is CCCCNC(=O)c1ccc(NCC(=O)N(CCC)CCC)cc1. The molecule has 0 radical (unpaired) electrons. The van der Waals surface area contributed by atoms with E-state index in [0.29, 0.717) is 12.1 Å². The van der Waals surface area contributed by atoms with Gasteiger partial charge in [0.15, 0.2) is 0 Å². The number of nitrogens with one attached hydrogen (secondary N) is 2. The van der Waals surface area contributed by atoms with Crippen LogP contribution in [0.2, 0.25) is 0 Å². The summed E-state index contributed by atoms with van der Waals surface area (Å²) in [6, 6.07) is 7.24. The number of hydrogen-bond acceptors (Lipinski definition) is 3. The summed E-state index contributed by atoms with van der Waals surface area (Å²) in [5.74, 6) is 0.0585. The number of benzene rings is 1. The lowest BCUT2D eigenvalue weighted by atomic mass is 10.2. The highest BCUT2D eigenvalue weighted by Crippen LogP contribution is 2.09. The maximum atomic E-state index is 12.2. The van der Waals surface area contributed by atoms with Gasteiger partial charge in [-0.25, -0.2) is 0 Å². The fourth-order valence-electron chi connectivity index (χ4n) is 2.41. The summed E-state index contributed by atoms with van der Waals surface area (Å²) in [6.45, 7) is 8.82. The van der Waals surface area contributed by atoms with Crippen molar-refractivity contribution in [2.24, 2.45) is 0 Å². The summed E-state index contributed by atoms with van der Waals surface area (Å²) in [4.78, 5) is 26.0. The Balaban J connectivity index is 2.48. The number of rotatable bonds is 11. The zero-order valence-corrected chi connectivity index (χ0v) is 15.2. The molecule has 1 rings (SSSR count). The van der Waals surface area contributed by atoms with Gasteiger partial charge in [-0.2, -0.15) is 0 Å². The minimum atomic E-state index is -0.0526. The standard InChI is InChI=1S/C19H31N3O2/c1-4-7-12-20-19(24)16-8-10-17(11-9-16)21-15-18(23)22(13-5-2)14-6-3/h8-11,21H,4-7,12-15H2,1-3H3,(H,20,24). The van der Waals surface area contributed by atoms with E-state index in [1.165, 1.54) is 0 Å². The largest absolute Gasteiger partial charge is 0.376 e. The molecule has 0 saturated heterocycles. The Kier molecular flexibility index (Phi) is 9.58. The molecular formula is C19H31N3O2. The Labute approximate surface area is 145 Å². The van der Waals surface area contributed by atoms with Crippen molar-refractivity contribution >= 4 is 17.5 Å². The van der Waals surface area contributed by atoms with E-state index in [1.807, 2.05) is 17.0 Å². The van der Waals surface area contributed by atoms with Gasteiger partial charge in [-0.15, -0.1) is 0 Å². The van der Waals surface area contributed by atoms with Crippen LogP contribution in [0, 0.1) is 0 Å². The monoisotopic (exact) mass is 333 g/mol. The van der Waals surface area contributed by atoms with Gasteiger partial charge in [-0.1, -0.05) is 27.2 Å². The van der Waals surface area contributed by atoms with Crippen LogP contribution in [0.5, 0.6) is 0 Å². The van der Waals surface area contributed by atoms with E-state index >= 15 is 0 Å². The molecule has 0 heterocycles. The zero-order chi connectivity index (χ0) is 17.8. The van der Waals surface area contributed by atoms with Crippen molar-refractivity contribution in [3.63, 3.8) is 0 Å². The van der Waals surface area contributed by atoms with Crippen molar-refractivity contribution in [1.82, 2.24) is 10.2 Å². The fraction of sp³-hybridized carbons (Fsp3) is 0.579. The van der Waals surface area contributed by atoms with Crippen LogP contribution in [0.25, 0.3) is 0 Å². The van der Waals surface area contributed by atoms with Gasteiger partial charge in [0, 0.05) is 30.9 Å². The van der Waals surface area contributed by atoms with Crippen LogP contribution >= 0.6 is 0 Å². The first kappa shape index (κ1) is 20.0. The third kappa shape index (κ3) is 7.02. The topological polar surface area (TPSA) is 61.4 Å². The van der Waals surface area contributed by atoms with Gasteiger partial charge in [-0.05, 0) is 43.5 Å². The number of unbranched alkanes of at least 4 members (excludes halogenated alkanes) is 1. The Morgan fingerprint density at radius 3 is 2.12 bits per heavy atom. The predicted molar refractivity (Wildman–Crippen MR) is 99.3 cm³/mol. The van der Waals surface area contributed by atoms with E-state index in [4.69, 9.17) is 0 Å². The second-order valence-electron chi connectivity index (χ2n) is 5.92. The van der Waals surface area contributed by atoms with E-state index in [1.54, 1.807) is 12.1 Å². The highest BCUT2D eigenvalue weighted by Gasteiger charge is 2.11. The number of carbonyl (C=O) groups is 2. The summed E-state index contributed by atoms with van der Waals surface area (Å²) < 4.78 is 0. The molecule has 2 amide bonds. The van der Waals surface area contributed by atoms with Gasteiger partial charge in [0.2, 0.25) is 5.91 Å². The number of carbonyl (C=O) groups excluding carboxylic acids is 2. The maximum absolute atomic E-state index is 12.2. The number of anilines is 1. The minimum absolute atomic E-state index is 0.0526. The molecule has 5 heteroatoms. The van der Waals surface area contributed by atoms with Gasteiger partial charge in [-0.3, -0.25) is 9.59 Å². The Morgan fingerprint density at radius 1 is 0.958 bits per heavy atom. The van der Waals surface area contributed by atoms with Gasteiger partial charge in [0.1, 0.15) is 0 Å². The Hall–Kier alpha value is -2.04. The molecule has 24 heavy (non-hydrogen) atoms. The number of hydrogen-bond donors (Lipinski definition) is 2. The lowest BCUT2D eigenvalue weighted by molar-refractivity contribution is -0.129. The van der Waals surface area contributed by atoms with E-state index in [-0.39, 0.29) is 18.4 Å². The average Bonchev–Trinajstić information content (AvgIpc) is 2.60. The number of nitrogens with zero attached hydrogens (tertiary/aromatic N) is 1. The van der Waals surface area contributed by atoms with Crippen molar-refractivity contribution in [2.75, 3.05) is 31.5 Å². The van der Waals surface area contributed by atoms with Gasteiger partial charge < -0.3 is 15.5 Å². The van der Waals surface area contributed by atoms with Crippen LogP contribution in [0.15, 0.2) is 24.3 Å². The van der Waals surface area contributed by atoms with Gasteiger partial charge >= 0.3 is 0 Å². The molecular weight excluding hydrogens is 302 g/mol. The summed E-state index contributed by atoms with van der Waals surface area (Å²) >= 11 is 0. The van der Waals surface area contributed by atoms with Crippen LogP contribution in [-0.2, 0) is 4.79 Å². The van der Waals surface area contributed by atoms with Crippen molar-refractivity contribution in [1.29, 1.82) is 0 Å². The molecule has 1 aromatic carbocycles. The fourth-order valence-corrected chi connectivity index (χ4v) is 2.41. The molecule has 0 aliphatic rings. The van der Waals surface area contributed by atoms with Crippen LogP contribution < -0.4 is 10.6 Å². The molecule has 5 nitrogen and oxygen atoms in total. The van der Waals surface area contributed by atoms with Crippen LogP contribution in [0.3, 0.4) is 0 Å². The minimum Gasteiger partial charge on any atom is -0.376 e. The van der Waals surface area contributed by atoms with Crippen molar-refractivity contribution < 1.29 is 9.59 Å². The highest BCUT2D eigenvalue weighted by molar-refractivity contribution is 5.94. The first-order valence-electron chi connectivity index (χ1n) is 9.02. The summed E-state index contributed by atoms with van der Waals surface area (Å²) in [5.41, 5.74) is 1.49. The molecule has 0 saturated carbocycles. The van der Waals surface area contributed by atoms with Crippen molar-refractivity contribution in [3.8, 4) is 0 Å². The smallest absolute Gasteiger partial charge is 0.251 e. The highest BCUT2D eigenvalue weighted by atomic mass is 16.2. The molecule has 2 N–H and O–H groups in total. The van der Waals surface area contributed by atoms with Crippen molar-refractivity contribution in [2.45, 2.75) is 46.5 Å². The molecule has 0 bridgehead atoms. The maximum Gasteiger partial charge on any atom is 0.251 e. The third-order valence-corrected chi connectivity index (χ3v) is 3.75. The molecule has 1 aromatic rings. The second-order valence-corrected chi connectivity index (χ2v) is 5.92. The summed E-state index contributed by atoms with van der Waals surface area (Å²) in [7, 11) is 0. The lowest BCUT2D eigenvalue weighted by Crippen LogP contribution is -2.36. The van der Waals surface area contributed by atoms with Crippen molar-refractivity contribution in [3.05, 3.63) is 29.8 Å². The molecule has 0 fully saturated rings. The van der Waals surface area contributed by atoms with E-state index in [0.717, 1.165) is 44.5 Å². The van der Waals surface area contributed by atoms with Crippen LogP contribution in [-0.4, -0.2) is 42.9 Å². The molecule has 0 atom stereocenters. The molecule has 0 aromatic heterocycles. The Morgan fingerprint density at radius 2 is 1.58 bits per heavy atom. The lowest BCUT2D eigenvalue weighted by Gasteiger charge is -2.21. The van der Waals surface area contributed by atoms with E-state index in [2.05, 4.69) is 31.4 Å². The van der Waals surface area contributed by atoms with E-state index < -0.39 is 0 Å². The molecule has 0 aliphatic carbocycles. The second kappa shape index (κ2) is 11.5. The van der Waals surface area contributed by atoms with Gasteiger partial charge in [0.05, 0.1) is 6.54 Å². The Bertz CT molecular complexity index is 494. The predicted octanol–water partition coefficient (Wildman–Crippen LogP) is 3.28. The average molecular weight is 333 g/mol. The summed E-state index contributed by atoms with van der Waals surface area (Å²) in [5, 5.41) is 6.03. The molecule has 134 valence electrons. The molecule has 0 spiro atoms. The third-order valence-electron chi connectivity index (χ3n) is 3.75. The first-order chi connectivity index (χ1) is 11.6. The molecule has 0 aliphatic heterocycles. The quantitative estimate of drug-likeness (QED) is 0.611. The summed E-state index contributed by atoms with van der Waals surface area (Å²) in [6.07, 6.45) is 3.98. The first-order valence-corrected chi connectivity index (χ1v) is 9.02. The molecule has 0 unspecified atom stereocenters.